The van der Waals surface area contributed by atoms with E-state index in [0.717, 1.165) is 6.42 Å². The molecule has 12 nitrogen and oxygen atoms in total. The molecule has 0 unspecified atom stereocenters. The maximum Gasteiger partial charge on any atom is 0.410 e. The average molecular weight is 683 g/mol. The van der Waals surface area contributed by atoms with Crippen molar-refractivity contribution in [2.24, 2.45) is 0 Å². The third-order valence-corrected chi connectivity index (χ3v) is 5.98. The summed E-state index contributed by atoms with van der Waals surface area (Å²) in [7, 11) is 0. The maximum atomic E-state index is 13.1. The average Bonchev–Trinajstić information content (AvgIpc) is 2.88. The number of carbonyl (C=O) groups is 4. The monoisotopic (exact) mass is 682 g/mol. The Kier molecular flexibility index (Phi) is 18.7. The molecular formula is C36H66N4O8. The quantitative estimate of drug-likeness (QED) is 0.119. The molecule has 0 aliphatic heterocycles. The number of rotatable bonds is 16. The van der Waals surface area contributed by atoms with Crippen LogP contribution in [0.2, 0.25) is 0 Å². The minimum absolute atomic E-state index is 0.230. The van der Waals surface area contributed by atoms with Crippen LogP contribution in [-0.4, -0.2) is 119 Å². The summed E-state index contributed by atoms with van der Waals surface area (Å²) in [5, 5.41) is 0. The molecule has 0 N–H and O–H groups in total. The van der Waals surface area contributed by atoms with E-state index in [-0.39, 0.29) is 19.2 Å². The van der Waals surface area contributed by atoms with Crippen molar-refractivity contribution in [2.75, 3.05) is 52.4 Å². The van der Waals surface area contributed by atoms with Crippen LogP contribution in [0, 0.1) is 0 Å². The van der Waals surface area contributed by atoms with E-state index in [1.165, 1.54) is 0 Å². The van der Waals surface area contributed by atoms with E-state index in [1.54, 1.807) is 52.5 Å². The van der Waals surface area contributed by atoms with Crippen molar-refractivity contribution in [1.29, 1.82) is 0 Å². The second-order valence-corrected chi connectivity index (χ2v) is 15.7. The first-order chi connectivity index (χ1) is 21.9. The normalized spacial score (nSPS) is 12.3. The van der Waals surface area contributed by atoms with E-state index in [4.69, 9.17) is 18.9 Å². The van der Waals surface area contributed by atoms with Gasteiger partial charge in [-0.1, -0.05) is 25.2 Å². The van der Waals surface area contributed by atoms with E-state index in [1.807, 2.05) is 75.3 Å². The Labute approximate surface area is 290 Å². The molecule has 0 radical (unpaired) electrons. The summed E-state index contributed by atoms with van der Waals surface area (Å²) in [6.07, 6.45) is 5.25. The molecule has 0 saturated heterocycles. The van der Waals surface area contributed by atoms with Crippen molar-refractivity contribution >= 4 is 24.4 Å². The van der Waals surface area contributed by atoms with Crippen LogP contribution in [0.1, 0.15) is 109 Å². The minimum Gasteiger partial charge on any atom is -0.444 e. The van der Waals surface area contributed by atoms with Gasteiger partial charge in [0.05, 0.1) is 0 Å². The van der Waals surface area contributed by atoms with E-state index in [9.17, 15) is 19.2 Å². The number of amides is 4. The Morgan fingerprint density at radius 3 is 1.02 bits per heavy atom. The van der Waals surface area contributed by atoms with Gasteiger partial charge in [0, 0.05) is 52.4 Å². The molecule has 0 rings (SSSR count). The zero-order valence-corrected chi connectivity index (χ0v) is 32.3. The molecular weight excluding hydrogens is 616 g/mol. The third-order valence-electron chi connectivity index (χ3n) is 5.98. The number of nitrogens with zero attached hydrogens (tertiary/aromatic N) is 4. The van der Waals surface area contributed by atoms with Crippen molar-refractivity contribution < 1.29 is 38.1 Å². The largest absolute Gasteiger partial charge is 0.444 e. The summed E-state index contributed by atoms with van der Waals surface area (Å²) in [4.78, 5) is 57.9. The van der Waals surface area contributed by atoms with Crippen LogP contribution >= 0.6 is 0 Å². The number of carbonyl (C=O) groups excluding carboxylic acids is 4. The van der Waals surface area contributed by atoms with Gasteiger partial charge in [-0.05, 0) is 102 Å². The molecule has 0 saturated carbocycles. The smallest absolute Gasteiger partial charge is 0.410 e. The highest BCUT2D eigenvalue weighted by Crippen LogP contribution is 2.15. The van der Waals surface area contributed by atoms with Gasteiger partial charge in [0.1, 0.15) is 22.4 Å². The first-order valence-corrected chi connectivity index (χ1v) is 17.0. The summed E-state index contributed by atoms with van der Waals surface area (Å²) in [5.74, 6) is 0. The van der Waals surface area contributed by atoms with Gasteiger partial charge in [0.25, 0.3) is 0 Å². The van der Waals surface area contributed by atoms with Crippen LogP contribution in [0.5, 0.6) is 0 Å². The minimum atomic E-state index is -0.692. The molecule has 0 bridgehead atoms. The van der Waals surface area contributed by atoms with Gasteiger partial charge in [-0.2, -0.15) is 0 Å². The fraction of sp³-hybridized carbons (Fsp3) is 0.778. The van der Waals surface area contributed by atoms with E-state index >= 15 is 0 Å². The topological polar surface area (TPSA) is 118 Å². The molecule has 0 fully saturated rings. The Morgan fingerprint density at radius 1 is 0.479 bits per heavy atom. The first-order valence-electron chi connectivity index (χ1n) is 17.0. The molecule has 0 heterocycles. The summed E-state index contributed by atoms with van der Waals surface area (Å²) in [6, 6.07) is 0. The fourth-order valence-electron chi connectivity index (χ4n) is 4.11. The predicted molar refractivity (Wildman–Crippen MR) is 190 cm³/mol. The summed E-state index contributed by atoms with van der Waals surface area (Å²) < 4.78 is 22.4. The van der Waals surface area contributed by atoms with Crippen molar-refractivity contribution in [3.05, 3.63) is 24.8 Å². The SMILES string of the molecule is C=CCN(CCCN(CC=CCN(CCCN(CCC)C(=O)OC(C)(C)C)C(=O)OC(C)(C)C)C(=O)OC(C)(C)C)C(=O)OC(C)(C)C. The zero-order chi connectivity index (χ0) is 37.3. The van der Waals surface area contributed by atoms with Crippen LogP contribution < -0.4 is 0 Å². The molecule has 0 aromatic heterocycles. The Morgan fingerprint density at radius 2 is 0.750 bits per heavy atom. The molecule has 0 aromatic carbocycles. The third kappa shape index (κ3) is 22.2. The highest BCUT2D eigenvalue weighted by atomic mass is 16.6. The van der Waals surface area contributed by atoms with Gasteiger partial charge in [-0.15, -0.1) is 6.58 Å². The molecule has 0 aromatic rings. The Bertz CT molecular complexity index is 1050. The van der Waals surface area contributed by atoms with Crippen LogP contribution in [0.25, 0.3) is 0 Å². The standard InChI is InChI=1S/C36H66N4O8/c1-15-21-37(29(41)45-33(3,4)5)25-19-27-39(31(43)47-35(9,10)11)23-17-18-24-40(32(44)48-36(12,13)14)28-20-26-38(22-16-2)30(42)46-34(6,7)8/h15,17-18H,1,16,19-28H2,2-14H3. The number of hydrogen-bond donors (Lipinski definition) is 0. The van der Waals surface area contributed by atoms with Crippen LogP contribution in [-0.2, 0) is 18.9 Å². The summed E-state index contributed by atoms with van der Waals surface area (Å²) in [6.45, 7) is 30.3. The summed E-state index contributed by atoms with van der Waals surface area (Å²) in [5.41, 5.74) is -2.62. The first kappa shape index (κ1) is 44.6. The van der Waals surface area contributed by atoms with Crippen molar-refractivity contribution in [1.82, 2.24) is 19.6 Å². The molecule has 48 heavy (non-hydrogen) atoms. The Hall–Kier alpha value is -3.44. The van der Waals surface area contributed by atoms with Crippen LogP contribution in [0.15, 0.2) is 24.8 Å². The molecule has 278 valence electrons. The highest BCUT2D eigenvalue weighted by molar-refractivity contribution is 5.70. The predicted octanol–water partition coefficient (Wildman–Crippen LogP) is 7.87. The van der Waals surface area contributed by atoms with Gasteiger partial charge >= 0.3 is 24.4 Å². The van der Waals surface area contributed by atoms with Gasteiger partial charge in [-0.25, -0.2) is 19.2 Å². The molecule has 0 aliphatic rings. The lowest BCUT2D eigenvalue weighted by molar-refractivity contribution is 0.0198. The summed E-state index contributed by atoms with van der Waals surface area (Å²) >= 11 is 0. The lowest BCUT2D eigenvalue weighted by Crippen LogP contribution is -2.41. The molecule has 0 aliphatic carbocycles. The van der Waals surface area contributed by atoms with Crippen molar-refractivity contribution in [2.45, 2.75) is 132 Å². The maximum absolute atomic E-state index is 13.1. The van der Waals surface area contributed by atoms with E-state index in [2.05, 4.69) is 6.58 Å². The second-order valence-electron chi connectivity index (χ2n) is 15.7. The van der Waals surface area contributed by atoms with Crippen LogP contribution in [0.3, 0.4) is 0 Å². The van der Waals surface area contributed by atoms with Crippen molar-refractivity contribution in [3.8, 4) is 0 Å². The van der Waals surface area contributed by atoms with Crippen LogP contribution in [0.4, 0.5) is 19.2 Å². The Balaban J connectivity index is 5.67. The van der Waals surface area contributed by atoms with E-state index < -0.39 is 40.7 Å². The highest BCUT2D eigenvalue weighted by Gasteiger charge is 2.26. The number of ether oxygens (including phenoxy) is 4. The van der Waals surface area contributed by atoms with Gasteiger partial charge < -0.3 is 38.5 Å². The molecule has 4 amide bonds. The van der Waals surface area contributed by atoms with Gasteiger partial charge in [0.2, 0.25) is 0 Å². The molecule has 0 spiro atoms. The second kappa shape index (κ2) is 20.2. The van der Waals surface area contributed by atoms with Gasteiger partial charge in [-0.3, -0.25) is 0 Å². The van der Waals surface area contributed by atoms with Crippen molar-refractivity contribution in [3.63, 3.8) is 0 Å². The lowest BCUT2D eigenvalue weighted by atomic mass is 10.2. The fourth-order valence-corrected chi connectivity index (χ4v) is 4.11. The zero-order valence-electron chi connectivity index (χ0n) is 32.3. The lowest BCUT2D eigenvalue weighted by Gasteiger charge is -2.29. The van der Waals surface area contributed by atoms with E-state index in [0.29, 0.717) is 52.1 Å². The molecule has 12 heteroatoms. The van der Waals surface area contributed by atoms with Gasteiger partial charge in [0.15, 0.2) is 0 Å². The molecule has 0 atom stereocenters. The number of hydrogen-bond acceptors (Lipinski definition) is 8.